The highest BCUT2D eigenvalue weighted by atomic mass is 16.5. The smallest absolute Gasteiger partial charge is 0.0671 e. The summed E-state index contributed by atoms with van der Waals surface area (Å²) in [4.78, 5) is 0. The summed E-state index contributed by atoms with van der Waals surface area (Å²) in [5.74, 6) is 0. The molecule has 0 atom stereocenters. The molecule has 0 saturated heterocycles. The molecule has 0 rings (SSSR count). The van der Waals surface area contributed by atoms with E-state index in [9.17, 15) is 0 Å². The second-order valence-electron chi connectivity index (χ2n) is 3.42. The van der Waals surface area contributed by atoms with Crippen molar-refractivity contribution >= 4 is 0 Å². The Bertz CT molecular complexity index is 143. The Balaban J connectivity index is 3.88. The zero-order valence-electron chi connectivity index (χ0n) is 7.99. The van der Waals surface area contributed by atoms with E-state index >= 15 is 0 Å². The fraction of sp³-hybridized carbons (Fsp3) is 0.778. The van der Waals surface area contributed by atoms with Crippen LogP contribution in [0.1, 0.15) is 6.92 Å². The van der Waals surface area contributed by atoms with Crippen molar-refractivity contribution in [2.24, 2.45) is 5.41 Å². The molecule has 0 aliphatic rings. The van der Waals surface area contributed by atoms with E-state index in [1.807, 2.05) is 6.92 Å². The van der Waals surface area contributed by atoms with E-state index in [-0.39, 0.29) is 26.4 Å². The van der Waals surface area contributed by atoms with Gasteiger partial charge in [-0.3, -0.25) is 0 Å². The second-order valence-corrected chi connectivity index (χ2v) is 3.42. The Kier molecular flexibility index (Phi) is 5.90. The van der Waals surface area contributed by atoms with Crippen LogP contribution in [-0.2, 0) is 4.74 Å². The molecule has 4 heteroatoms. The molecule has 0 saturated carbocycles. The molecule has 13 heavy (non-hydrogen) atoms. The Morgan fingerprint density at radius 2 is 1.69 bits per heavy atom. The zero-order chi connectivity index (χ0) is 10.3. The van der Waals surface area contributed by atoms with Crippen LogP contribution < -0.4 is 0 Å². The van der Waals surface area contributed by atoms with Gasteiger partial charge in [-0.1, -0.05) is 12.2 Å². The van der Waals surface area contributed by atoms with Crippen LogP contribution >= 0.6 is 0 Å². The van der Waals surface area contributed by atoms with Crippen LogP contribution in [0.3, 0.4) is 0 Å². The van der Waals surface area contributed by atoms with Gasteiger partial charge < -0.3 is 20.1 Å². The summed E-state index contributed by atoms with van der Waals surface area (Å²) < 4.78 is 5.15. The first-order valence-electron chi connectivity index (χ1n) is 4.15. The van der Waals surface area contributed by atoms with E-state index in [0.29, 0.717) is 6.61 Å². The number of ether oxygens (including phenoxy) is 1. The first-order valence-corrected chi connectivity index (χ1v) is 4.15. The van der Waals surface area contributed by atoms with Gasteiger partial charge in [-0.2, -0.15) is 0 Å². The summed E-state index contributed by atoms with van der Waals surface area (Å²) in [6.45, 7) is 5.08. The zero-order valence-corrected chi connectivity index (χ0v) is 7.99. The average molecular weight is 190 g/mol. The summed E-state index contributed by atoms with van der Waals surface area (Å²) in [6, 6.07) is 0. The van der Waals surface area contributed by atoms with Crippen molar-refractivity contribution in [3.8, 4) is 0 Å². The van der Waals surface area contributed by atoms with Crippen molar-refractivity contribution in [2.45, 2.75) is 6.92 Å². The number of aliphatic hydroxyl groups is 3. The average Bonchev–Trinajstić information content (AvgIpc) is 2.13. The summed E-state index contributed by atoms with van der Waals surface area (Å²) in [7, 11) is 0. The molecule has 0 heterocycles. The van der Waals surface area contributed by atoms with Crippen molar-refractivity contribution < 1.29 is 20.1 Å². The molecule has 0 aromatic carbocycles. The highest BCUT2D eigenvalue weighted by molar-refractivity contribution is 4.88. The van der Waals surface area contributed by atoms with Crippen LogP contribution in [0.2, 0.25) is 0 Å². The van der Waals surface area contributed by atoms with Crippen LogP contribution in [0.5, 0.6) is 0 Å². The first-order chi connectivity index (χ1) is 6.10. The molecule has 0 radical (unpaired) electrons. The molecule has 0 aliphatic heterocycles. The van der Waals surface area contributed by atoms with E-state index in [1.165, 1.54) is 0 Å². The van der Waals surface area contributed by atoms with Crippen molar-refractivity contribution in [1.29, 1.82) is 0 Å². The maximum absolute atomic E-state index is 8.92. The Morgan fingerprint density at radius 3 is 2.00 bits per heavy atom. The number of rotatable bonds is 7. The molecule has 0 aliphatic carbocycles. The van der Waals surface area contributed by atoms with Crippen LogP contribution in [0, 0.1) is 5.41 Å². The normalized spacial score (nSPS) is 11.7. The van der Waals surface area contributed by atoms with E-state index in [4.69, 9.17) is 20.1 Å². The third kappa shape index (κ3) is 4.38. The summed E-state index contributed by atoms with van der Waals surface area (Å²) in [5, 5.41) is 26.8. The molecule has 0 fully saturated rings. The topological polar surface area (TPSA) is 69.9 Å². The Hall–Kier alpha value is -0.420. The standard InChI is InChI=1S/C9H18O4/c1-8(2)3-13-7-9(4-10,5-11)6-12/h10-12H,1,3-7H2,2H3. The van der Waals surface area contributed by atoms with Gasteiger partial charge in [0.15, 0.2) is 0 Å². The first kappa shape index (κ1) is 12.6. The highest BCUT2D eigenvalue weighted by Crippen LogP contribution is 2.15. The lowest BCUT2D eigenvalue weighted by Gasteiger charge is -2.26. The molecule has 78 valence electrons. The maximum Gasteiger partial charge on any atom is 0.0671 e. The highest BCUT2D eigenvalue weighted by Gasteiger charge is 2.28. The van der Waals surface area contributed by atoms with Gasteiger partial charge in [0.1, 0.15) is 0 Å². The summed E-state index contributed by atoms with van der Waals surface area (Å²) in [6.07, 6.45) is 0. The Labute approximate surface area is 78.5 Å². The molecule has 0 aromatic heterocycles. The van der Waals surface area contributed by atoms with Crippen molar-refractivity contribution in [1.82, 2.24) is 0 Å². The van der Waals surface area contributed by atoms with Crippen LogP contribution in [0.25, 0.3) is 0 Å². The monoisotopic (exact) mass is 190 g/mol. The Morgan fingerprint density at radius 1 is 1.23 bits per heavy atom. The van der Waals surface area contributed by atoms with E-state index < -0.39 is 5.41 Å². The van der Waals surface area contributed by atoms with Gasteiger partial charge in [0.25, 0.3) is 0 Å². The van der Waals surface area contributed by atoms with Crippen LogP contribution in [0.15, 0.2) is 12.2 Å². The lowest BCUT2D eigenvalue weighted by molar-refractivity contribution is -0.0534. The van der Waals surface area contributed by atoms with Gasteiger partial charge in [0, 0.05) is 0 Å². The number of hydrogen-bond donors (Lipinski definition) is 3. The lowest BCUT2D eigenvalue weighted by atomic mass is 9.93. The largest absolute Gasteiger partial charge is 0.396 e. The minimum atomic E-state index is -0.935. The fourth-order valence-corrected chi connectivity index (χ4v) is 0.729. The number of hydrogen-bond acceptors (Lipinski definition) is 4. The fourth-order valence-electron chi connectivity index (χ4n) is 0.729. The van der Waals surface area contributed by atoms with Crippen LogP contribution in [0.4, 0.5) is 0 Å². The molecular weight excluding hydrogens is 172 g/mol. The molecule has 3 N–H and O–H groups in total. The molecule has 0 unspecified atom stereocenters. The van der Waals surface area contributed by atoms with Gasteiger partial charge in [0.2, 0.25) is 0 Å². The summed E-state index contributed by atoms with van der Waals surface area (Å²) in [5.41, 5.74) is -0.0714. The number of aliphatic hydroxyl groups excluding tert-OH is 3. The van der Waals surface area contributed by atoms with Gasteiger partial charge in [-0.25, -0.2) is 0 Å². The van der Waals surface area contributed by atoms with Crippen LogP contribution in [-0.4, -0.2) is 48.4 Å². The minimum absolute atomic E-state index is 0.128. The molecule has 0 spiro atoms. The molecule has 0 bridgehead atoms. The molecular formula is C9H18O4. The van der Waals surface area contributed by atoms with Gasteiger partial charge in [-0.15, -0.1) is 0 Å². The van der Waals surface area contributed by atoms with Crippen molar-refractivity contribution in [2.75, 3.05) is 33.0 Å². The van der Waals surface area contributed by atoms with E-state index in [2.05, 4.69) is 6.58 Å². The third-order valence-corrected chi connectivity index (χ3v) is 1.76. The van der Waals surface area contributed by atoms with E-state index in [1.54, 1.807) is 0 Å². The predicted molar refractivity (Wildman–Crippen MR) is 49.3 cm³/mol. The SMILES string of the molecule is C=C(C)COCC(CO)(CO)CO. The maximum atomic E-state index is 8.92. The minimum Gasteiger partial charge on any atom is -0.396 e. The second kappa shape index (κ2) is 6.10. The van der Waals surface area contributed by atoms with Crippen molar-refractivity contribution in [3.63, 3.8) is 0 Å². The predicted octanol–water partition coefficient (Wildman–Crippen LogP) is -0.458. The molecule has 0 aromatic rings. The lowest BCUT2D eigenvalue weighted by Crippen LogP contribution is -2.38. The molecule has 4 nitrogen and oxygen atoms in total. The van der Waals surface area contributed by atoms with Gasteiger partial charge in [0.05, 0.1) is 38.4 Å². The third-order valence-electron chi connectivity index (χ3n) is 1.76. The molecule has 0 amide bonds. The van der Waals surface area contributed by atoms with E-state index in [0.717, 1.165) is 5.57 Å². The summed E-state index contributed by atoms with van der Waals surface area (Å²) >= 11 is 0. The van der Waals surface area contributed by atoms with Gasteiger partial charge >= 0.3 is 0 Å². The van der Waals surface area contributed by atoms with Crippen molar-refractivity contribution in [3.05, 3.63) is 12.2 Å². The quantitative estimate of drug-likeness (QED) is 0.475. The van der Waals surface area contributed by atoms with Gasteiger partial charge in [-0.05, 0) is 6.92 Å².